The van der Waals surface area contributed by atoms with Crippen LogP contribution in [0.25, 0.3) is 22.4 Å². The van der Waals surface area contributed by atoms with Crippen molar-refractivity contribution >= 4 is 11.3 Å². The molecule has 0 fully saturated rings. The first kappa shape index (κ1) is 11.6. The molecule has 0 N–H and O–H groups in total. The minimum absolute atomic E-state index is 0.660. The average molecular weight is 262 g/mol. The topological polar surface area (TPSA) is 36.7 Å². The second-order valence-corrected chi connectivity index (χ2v) is 4.94. The van der Waals surface area contributed by atoms with Crippen molar-refractivity contribution in [1.82, 2.24) is 4.98 Å². The van der Waals surface area contributed by atoms with E-state index in [1.807, 2.05) is 30.3 Å². The second-order valence-electron chi connectivity index (χ2n) is 4.09. The highest BCUT2D eigenvalue weighted by Gasteiger charge is 2.08. The van der Waals surface area contributed by atoms with Gasteiger partial charge in [0.25, 0.3) is 0 Å². The lowest BCUT2D eigenvalue weighted by Gasteiger charge is -2.03. The van der Waals surface area contributed by atoms with Crippen LogP contribution in [0, 0.1) is 11.3 Å². The van der Waals surface area contributed by atoms with Crippen molar-refractivity contribution in [2.75, 3.05) is 0 Å². The molecule has 0 aliphatic heterocycles. The number of aromatic nitrogens is 1. The van der Waals surface area contributed by atoms with E-state index in [4.69, 9.17) is 5.26 Å². The molecule has 0 spiro atoms. The van der Waals surface area contributed by atoms with E-state index in [9.17, 15) is 0 Å². The first-order valence-electron chi connectivity index (χ1n) is 5.88. The zero-order valence-electron chi connectivity index (χ0n) is 10.1. The van der Waals surface area contributed by atoms with Gasteiger partial charge in [0.1, 0.15) is 10.9 Å². The molecule has 1 heterocycles. The molecule has 0 amide bonds. The molecule has 3 rings (SSSR count). The number of thiazole rings is 1. The van der Waals surface area contributed by atoms with Crippen LogP contribution in [-0.4, -0.2) is 4.98 Å². The SMILES string of the molecule is N#Cc1scnc1-c1ccc(-c2ccccc2)cc1. The summed E-state index contributed by atoms with van der Waals surface area (Å²) in [7, 11) is 0. The third kappa shape index (κ3) is 2.26. The molecule has 0 unspecified atom stereocenters. The number of nitriles is 1. The molecule has 3 heteroatoms. The zero-order valence-corrected chi connectivity index (χ0v) is 10.9. The second kappa shape index (κ2) is 5.05. The Kier molecular flexibility index (Phi) is 3.09. The van der Waals surface area contributed by atoms with Crippen LogP contribution in [0.3, 0.4) is 0 Å². The minimum atomic E-state index is 0.660. The molecule has 19 heavy (non-hydrogen) atoms. The van der Waals surface area contributed by atoms with Crippen molar-refractivity contribution in [3.05, 3.63) is 65.0 Å². The Balaban J connectivity index is 1.98. The monoisotopic (exact) mass is 262 g/mol. The summed E-state index contributed by atoms with van der Waals surface area (Å²) in [5.41, 5.74) is 5.81. The molecule has 3 aromatic rings. The maximum Gasteiger partial charge on any atom is 0.132 e. The lowest BCUT2D eigenvalue weighted by atomic mass is 10.0. The molecule has 0 atom stereocenters. The Morgan fingerprint density at radius 3 is 2.16 bits per heavy atom. The van der Waals surface area contributed by atoms with Gasteiger partial charge in [-0.05, 0) is 11.1 Å². The summed E-state index contributed by atoms with van der Waals surface area (Å²) in [6.45, 7) is 0. The van der Waals surface area contributed by atoms with Gasteiger partial charge < -0.3 is 0 Å². The molecule has 0 bridgehead atoms. The lowest BCUT2D eigenvalue weighted by Crippen LogP contribution is -1.82. The van der Waals surface area contributed by atoms with E-state index in [0.717, 1.165) is 16.8 Å². The van der Waals surface area contributed by atoms with Crippen molar-refractivity contribution in [2.24, 2.45) is 0 Å². The number of hydrogen-bond donors (Lipinski definition) is 0. The molecule has 2 aromatic carbocycles. The number of rotatable bonds is 2. The first-order chi connectivity index (χ1) is 9.38. The maximum atomic E-state index is 9.02. The quantitative estimate of drug-likeness (QED) is 0.688. The first-order valence-corrected chi connectivity index (χ1v) is 6.76. The molecule has 0 aliphatic rings. The van der Waals surface area contributed by atoms with Gasteiger partial charge >= 0.3 is 0 Å². The van der Waals surface area contributed by atoms with Gasteiger partial charge in [0.05, 0.1) is 11.2 Å². The highest BCUT2D eigenvalue weighted by atomic mass is 32.1. The van der Waals surface area contributed by atoms with Crippen molar-refractivity contribution in [1.29, 1.82) is 5.26 Å². The fourth-order valence-electron chi connectivity index (χ4n) is 1.98. The van der Waals surface area contributed by atoms with Crippen LogP contribution < -0.4 is 0 Å². The highest BCUT2D eigenvalue weighted by molar-refractivity contribution is 7.10. The standard InChI is InChI=1S/C16H10N2S/c17-10-15-16(18-11-19-15)14-8-6-13(7-9-14)12-4-2-1-3-5-12/h1-9,11H. The van der Waals surface area contributed by atoms with Gasteiger partial charge in [-0.1, -0.05) is 54.6 Å². The zero-order chi connectivity index (χ0) is 13.1. The third-order valence-corrected chi connectivity index (χ3v) is 3.67. The highest BCUT2D eigenvalue weighted by Crippen LogP contribution is 2.27. The van der Waals surface area contributed by atoms with Crippen LogP contribution in [0.4, 0.5) is 0 Å². The normalized spacial score (nSPS) is 10.1. The van der Waals surface area contributed by atoms with Crippen LogP contribution in [-0.2, 0) is 0 Å². The fraction of sp³-hybridized carbons (Fsp3) is 0. The molecule has 90 valence electrons. The van der Waals surface area contributed by atoms with E-state index in [0.29, 0.717) is 4.88 Å². The van der Waals surface area contributed by atoms with Crippen LogP contribution in [0.5, 0.6) is 0 Å². The van der Waals surface area contributed by atoms with Crippen LogP contribution in [0.2, 0.25) is 0 Å². The van der Waals surface area contributed by atoms with E-state index in [1.54, 1.807) is 5.51 Å². The van der Waals surface area contributed by atoms with Crippen molar-refractivity contribution in [2.45, 2.75) is 0 Å². The van der Waals surface area contributed by atoms with E-state index in [2.05, 4.69) is 35.3 Å². The molecule has 0 aliphatic carbocycles. The molecule has 0 radical (unpaired) electrons. The van der Waals surface area contributed by atoms with Gasteiger partial charge in [0, 0.05) is 5.56 Å². The van der Waals surface area contributed by atoms with Crippen LogP contribution >= 0.6 is 11.3 Å². The summed E-state index contributed by atoms with van der Waals surface area (Å²) < 4.78 is 0. The molecule has 1 aromatic heterocycles. The van der Waals surface area contributed by atoms with Crippen LogP contribution in [0.15, 0.2) is 60.1 Å². The fourth-order valence-corrected chi connectivity index (χ4v) is 2.58. The van der Waals surface area contributed by atoms with Gasteiger partial charge in [0.15, 0.2) is 0 Å². The summed E-state index contributed by atoms with van der Waals surface area (Å²) in [6, 6.07) is 20.5. The van der Waals surface area contributed by atoms with Gasteiger partial charge in [0.2, 0.25) is 0 Å². The number of nitrogens with zero attached hydrogens (tertiary/aromatic N) is 2. The molecule has 0 saturated heterocycles. The van der Waals surface area contributed by atoms with Crippen molar-refractivity contribution < 1.29 is 0 Å². The predicted molar refractivity (Wildman–Crippen MR) is 77.7 cm³/mol. The van der Waals surface area contributed by atoms with Gasteiger partial charge in [-0.25, -0.2) is 4.98 Å². The van der Waals surface area contributed by atoms with E-state index < -0.39 is 0 Å². The van der Waals surface area contributed by atoms with Crippen LogP contribution in [0.1, 0.15) is 4.88 Å². The average Bonchev–Trinajstić information content (AvgIpc) is 2.97. The summed E-state index contributed by atoms with van der Waals surface area (Å²) in [4.78, 5) is 4.92. The maximum absolute atomic E-state index is 9.02. The minimum Gasteiger partial charge on any atom is -0.243 e. The molecule has 2 nitrogen and oxygen atoms in total. The Morgan fingerprint density at radius 1 is 0.842 bits per heavy atom. The number of benzene rings is 2. The summed E-state index contributed by atoms with van der Waals surface area (Å²) in [5, 5.41) is 9.02. The molecular formula is C16H10N2S. The third-order valence-electron chi connectivity index (χ3n) is 2.93. The van der Waals surface area contributed by atoms with Crippen molar-refractivity contribution in [3.8, 4) is 28.5 Å². The van der Waals surface area contributed by atoms with Gasteiger partial charge in [-0.3, -0.25) is 0 Å². The molecular weight excluding hydrogens is 252 g/mol. The van der Waals surface area contributed by atoms with E-state index in [1.165, 1.54) is 16.9 Å². The van der Waals surface area contributed by atoms with E-state index >= 15 is 0 Å². The summed E-state index contributed by atoms with van der Waals surface area (Å²) in [5.74, 6) is 0. The Hall–Kier alpha value is -2.44. The lowest BCUT2D eigenvalue weighted by molar-refractivity contribution is 1.39. The van der Waals surface area contributed by atoms with Gasteiger partial charge in [-0.2, -0.15) is 5.26 Å². The van der Waals surface area contributed by atoms with Gasteiger partial charge in [-0.15, -0.1) is 11.3 Å². The smallest absolute Gasteiger partial charge is 0.132 e. The number of hydrogen-bond acceptors (Lipinski definition) is 3. The van der Waals surface area contributed by atoms with Crippen molar-refractivity contribution in [3.63, 3.8) is 0 Å². The van der Waals surface area contributed by atoms with E-state index in [-0.39, 0.29) is 0 Å². The summed E-state index contributed by atoms with van der Waals surface area (Å²) >= 11 is 1.37. The molecule has 0 saturated carbocycles. The predicted octanol–water partition coefficient (Wildman–Crippen LogP) is 4.35. The Morgan fingerprint density at radius 2 is 1.47 bits per heavy atom. The largest absolute Gasteiger partial charge is 0.243 e. The Labute approximate surface area is 115 Å². The summed E-state index contributed by atoms with van der Waals surface area (Å²) in [6.07, 6.45) is 0. The Bertz CT molecular complexity index is 721.